The molecule has 0 saturated carbocycles. The lowest BCUT2D eigenvalue weighted by molar-refractivity contribution is -0.118. The number of thiophene rings is 1. The summed E-state index contributed by atoms with van der Waals surface area (Å²) in [4.78, 5) is 23.3. The zero-order chi connectivity index (χ0) is 15.7. The van der Waals surface area contributed by atoms with Gasteiger partial charge in [0.15, 0.2) is 6.61 Å². The summed E-state index contributed by atoms with van der Waals surface area (Å²) >= 11 is 1.14. The zero-order valence-corrected chi connectivity index (χ0v) is 12.7. The molecule has 0 aliphatic carbocycles. The van der Waals surface area contributed by atoms with Gasteiger partial charge in [-0.05, 0) is 29.6 Å². The molecule has 0 radical (unpaired) electrons. The zero-order valence-electron chi connectivity index (χ0n) is 11.0. The maximum Gasteiger partial charge on any atom is 0.275 e. The molecule has 0 bridgehead atoms. The molecule has 2 amide bonds. The van der Waals surface area contributed by atoms with Gasteiger partial charge in [0.25, 0.3) is 21.8 Å². The molecule has 7 nitrogen and oxygen atoms in total. The monoisotopic (exact) mass is 338 g/mol. The van der Waals surface area contributed by atoms with E-state index in [0.29, 0.717) is 5.75 Å². The second-order valence-electron chi connectivity index (χ2n) is 4.41. The van der Waals surface area contributed by atoms with Gasteiger partial charge in [-0.25, -0.2) is 13.1 Å². The number of carbonyl (C=O) groups excluding carboxylic acids is 2. The van der Waals surface area contributed by atoms with Crippen LogP contribution in [0.15, 0.2) is 40.6 Å². The average molecular weight is 338 g/mol. The van der Waals surface area contributed by atoms with E-state index >= 15 is 0 Å². The van der Waals surface area contributed by atoms with E-state index in [1.165, 1.54) is 24.3 Å². The topological polar surface area (TPSA) is 102 Å². The third-order valence-electron chi connectivity index (χ3n) is 2.87. The van der Waals surface area contributed by atoms with E-state index in [1.807, 2.05) is 4.72 Å². The molecule has 1 aromatic heterocycles. The molecule has 0 spiro atoms. The molecule has 0 unspecified atom stereocenters. The Morgan fingerprint density at radius 1 is 1.32 bits per heavy atom. The minimum absolute atomic E-state index is 0.117. The largest absolute Gasteiger partial charge is 0.482 e. The van der Waals surface area contributed by atoms with Gasteiger partial charge in [0.2, 0.25) is 0 Å². The van der Waals surface area contributed by atoms with E-state index < -0.39 is 15.9 Å². The minimum atomic E-state index is -4.04. The quantitative estimate of drug-likeness (QED) is 0.875. The molecule has 3 rings (SSSR count). The minimum Gasteiger partial charge on any atom is -0.482 e. The highest BCUT2D eigenvalue weighted by molar-refractivity contribution is 7.90. The van der Waals surface area contributed by atoms with Crippen LogP contribution in [0.2, 0.25) is 0 Å². The van der Waals surface area contributed by atoms with Gasteiger partial charge < -0.3 is 10.1 Å². The van der Waals surface area contributed by atoms with Crippen molar-refractivity contribution >= 4 is 38.9 Å². The molecule has 9 heteroatoms. The second-order valence-corrected chi connectivity index (χ2v) is 7.04. The summed E-state index contributed by atoms with van der Waals surface area (Å²) in [5.74, 6) is -0.694. The first-order chi connectivity index (χ1) is 10.5. The lowest BCUT2D eigenvalue weighted by atomic mass is 10.2. The number of sulfonamides is 1. The molecule has 22 heavy (non-hydrogen) atoms. The van der Waals surface area contributed by atoms with Crippen LogP contribution in [0.3, 0.4) is 0 Å². The van der Waals surface area contributed by atoms with E-state index in [2.05, 4.69) is 5.32 Å². The molecule has 0 atom stereocenters. The van der Waals surface area contributed by atoms with Crippen molar-refractivity contribution in [2.24, 2.45) is 0 Å². The summed E-state index contributed by atoms with van der Waals surface area (Å²) < 4.78 is 31.6. The summed E-state index contributed by atoms with van der Waals surface area (Å²) in [5, 5.41) is 4.19. The highest BCUT2D eigenvalue weighted by Crippen LogP contribution is 2.30. The van der Waals surface area contributed by atoms with Crippen LogP contribution in [0.25, 0.3) is 0 Å². The molecule has 2 N–H and O–H groups in total. The van der Waals surface area contributed by atoms with Crippen molar-refractivity contribution in [1.82, 2.24) is 4.72 Å². The molecule has 2 heterocycles. The van der Waals surface area contributed by atoms with Crippen molar-refractivity contribution < 1.29 is 22.7 Å². The Hall–Kier alpha value is -2.39. The number of benzene rings is 1. The van der Waals surface area contributed by atoms with Crippen LogP contribution in [0.4, 0.5) is 5.69 Å². The Morgan fingerprint density at radius 2 is 2.14 bits per heavy atom. The van der Waals surface area contributed by atoms with Crippen LogP contribution in [0.1, 0.15) is 9.67 Å². The molecule has 1 aromatic carbocycles. The number of carbonyl (C=O) groups is 2. The highest BCUT2D eigenvalue weighted by atomic mass is 32.2. The Labute approximate surface area is 130 Å². The van der Waals surface area contributed by atoms with Crippen molar-refractivity contribution in [3.8, 4) is 5.75 Å². The van der Waals surface area contributed by atoms with Crippen LogP contribution in [-0.2, 0) is 14.8 Å². The molecule has 0 saturated heterocycles. The Kier molecular flexibility index (Phi) is 3.59. The first kappa shape index (κ1) is 14.5. The third kappa shape index (κ3) is 2.81. The summed E-state index contributed by atoms with van der Waals surface area (Å²) in [5.41, 5.74) is 0.252. The van der Waals surface area contributed by atoms with Crippen molar-refractivity contribution in [2.45, 2.75) is 4.90 Å². The van der Waals surface area contributed by atoms with Crippen LogP contribution < -0.4 is 14.8 Å². The maximum atomic E-state index is 12.2. The molecule has 114 valence electrons. The molecule has 1 aliphatic rings. The van der Waals surface area contributed by atoms with E-state index in [9.17, 15) is 18.0 Å². The van der Waals surface area contributed by atoms with Crippen molar-refractivity contribution in [2.75, 3.05) is 11.9 Å². The summed E-state index contributed by atoms with van der Waals surface area (Å²) in [6, 6.07) is 7.16. The lowest BCUT2D eigenvalue weighted by Gasteiger charge is -2.18. The van der Waals surface area contributed by atoms with Gasteiger partial charge in [-0.3, -0.25) is 9.59 Å². The van der Waals surface area contributed by atoms with Crippen LogP contribution in [0, 0.1) is 0 Å². The Balaban J connectivity index is 1.88. The SMILES string of the molecule is O=C1COc2ccc(S(=O)(=O)NC(=O)c3cccs3)cc2N1. The van der Waals surface area contributed by atoms with Gasteiger partial charge in [0.1, 0.15) is 5.75 Å². The number of nitrogens with one attached hydrogen (secondary N) is 2. The summed E-state index contributed by atoms with van der Waals surface area (Å²) in [7, 11) is -4.04. The van der Waals surface area contributed by atoms with E-state index in [0.717, 1.165) is 11.3 Å². The van der Waals surface area contributed by atoms with Gasteiger partial charge in [-0.1, -0.05) is 6.07 Å². The maximum absolute atomic E-state index is 12.2. The molecular weight excluding hydrogens is 328 g/mol. The van der Waals surface area contributed by atoms with E-state index in [4.69, 9.17) is 4.74 Å². The standard InChI is InChI=1S/C13H10N2O5S2/c16-12-7-20-10-4-3-8(6-9(10)14-12)22(18,19)15-13(17)11-2-1-5-21-11/h1-6H,7H2,(H,14,16)(H,15,17). The fraction of sp³-hybridized carbons (Fsp3) is 0.0769. The van der Waals surface area contributed by atoms with Gasteiger partial charge in [0.05, 0.1) is 15.5 Å². The predicted molar refractivity (Wildman–Crippen MR) is 79.5 cm³/mol. The smallest absolute Gasteiger partial charge is 0.275 e. The number of anilines is 1. The van der Waals surface area contributed by atoms with Crippen LogP contribution >= 0.6 is 11.3 Å². The van der Waals surface area contributed by atoms with Crippen molar-refractivity contribution in [3.63, 3.8) is 0 Å². The number of hydrogen-bond donors (Lipinski definition) is 2. The average Bonchev–Trinajstić information content (AvgIpc) is 3.00. The van der Waals surface area contributed by atoms with Gasteiger partial charge in [-0.2, -0.15) is 0 Å². The number of fused-ring (bicyclic) bond motifs is 1. The number of ether oxygens (including phenoxy) is 1. The van der Waals surface area contributed by atoms with Gasteiger partial charge >= 0.3 is 0 Å². The first-order valence-electron chi connectivity index (χ1n) is 6.13. The first-order valence-corrected chi connectivity index (χ1v) is 8.49. The molecule has 0 fully saturated rings. The van der Waals surface area contributed by atoms with Gasteiger partial charge in [0, 0.05) is 0 Å². The van der Waals surface area contributed by atoms with Crippen molar-refractivity contribution in [1.29, 1.82) is 0 Å². The molecular formula is C13H10N2O5S2. The predicted octanol–water partition coefficient (Wildman–Crippen LogP) is 1.20. The van der Waals surface area contributed by atoms with Gasteiger partial charge in [-0.15, -0.1) is 11.3 Å². The van der Waals surface area contributed by atoms with Crippen LogP contribution in [-0.4, -0.2) is 26.8 Å². The fourth-order valence-corrected chi connectivity index (χ4v) is 3.54. The Morgan fingerprint density at radius 3 is 2.86 bits per heavy atom. The van der Waals surface area contributed by atoms with E-state index in [1.54, 1.807) is 11.4 Å². The number of rotatable bonds is 3. The highest BCUT2D eigenvalue weighted by Gasteiger charge is 2.23. The molecule has 2 aromatic rings. The summed E-state index contributed by atoms with van der Waals surface area (Å²) in [6.07, 6.45) is 0. The van der Waals surface area contributed by atoms with E-state index in [-0.39, 0.29) is 28.0 Å². The van der Waals surface area contributed by atoms with Crippen molar-refractivity contribution in [3.05, 3.63) is 40.6 Å². The number of hydrogen-bond acceptors (Lipinski definition) is 6. The second kappa shape index (κ2) is 5.43. The normalized spacial score (nSPS) is 13.7. The lowest BCUT2D eigenvalue weighted by Crippen LogP contribution is -2.30. The Bertz CT molecular complexity index is 843. The third-order valence-corrected chi connectivity index (χ3v) is 5.06. The fourth-order valence-electron chi connectivity index (χ4n) is 1.87. The number of amides is 2. The molecule has 1 aliphatic heterocycles. The van der Waals surface area contributed by atoms with Crippen LogP contribution in [0.5, 0.6) is 5.75 Å². The summed E-state index contributed by atoms with van der Waals surface area (Å²) in [6.45, 7) is -0.117.